The third-order valence-corrected chi connectivity index (χ3v) is 2.99. The molecule has 0 fully saturated rings. The Bertz CT molecular complexity index is 397. The van der Waals surface area contributed by atoms with Gasteiger partial charge in [0.2, 0.25) is 0 Å². The molecule has 2 rings (SSSR count). The van der Waals surface area contributed by atoms with Crippen LogP contribution in [0, 0.1) is 0 Å². The van der Waals surface area contributed by atoms with Gasteiger partial charge in [-0.25, -0.2) is 0 Å². The molecule has 0 spiro atoms. The normalized spacial score (nSPS) is 10.5. The van der Waals surface area contributed by atoms with Gasteiger partial charge in [0, 0.05) is 0 Å². The molecule has 0 aliphatic carbocycles. The Balaban J connectivity index is 2.11. The predicted octanol–water partition coefficient (Wildman–Crippen LogP) is 3.24. The minimum Gasteiger partial charge on any atom is -0.463 e. The van der Waals surface area contributed by atoms with E-state index in [-0.39, 0.29) is 0 Å². The van der Waals surface area contributed by atoms with E-state index in [2.05, 4.69) is 17.1 Å². The van der Waals surface area contributed by atoms with Gasteiger partial charge in [0.15, 0.2) is 5.76 Å². The van der Waals surface area contributed by atoms with Gasteiger partial charge < -0.3 is 4.42 Å². The average molecular weight is 220 g/mol. The lowest BCUT2D eigenvalue weighted by molar-refractivity contribution is 0.578. The van der Waals surface area contributed by atoms with Crippen molar-refractivity contribution >= 4 is 11.8 Å². The standard InChI is InChI=1S/C11H12N2OS/c1-2-8-15-11-6-5-9(12-13-11)10-4-3-7-14-10/h3-7H,2,8H2,1H3. The van der Waals surface area contributed by atoms with Crippen LogP contribution in [0.3, 0.4) is 0 Å². The van der Waals surface area contributed by atoms with Crippen LogP contribution in [0.2, 0.25) is 0 Å². The number of furan rings is 1. The summed E-state index contributed by atoms with van der Waals surface area (Å²) >= 11 is 1.72. The molecule has 0 radical (unpaired) electrons. The Morgan fingerprint density at radius 1 is 1.27 bits per heavy atom. The summed E-state index contributed by atoms with van der Waals surface area (Å²) in [7, 11) is 0. The molecule has 0 amide bonds. The molecule has 3 nitrogen and oxygen atoms in total. The first kappa shape index (κ1) is 10.2. The van der Waals surface area contributed by atoms with Gasteiger partial charge in [0.05, 0.1) is 6.26 Å². The number of hydrogen-bond donors (Lipinski definition) is 0. The van der Waals surface area contributed by atoms with Gasteiger partial charge in [-0.2, -0.15) is 0 Å². The topological polar surface area (TPSA) is 38.9 Å². The van der Waals surface area contributed by atoms with E-state index in [9.17, 15) is 0 Å². The molecule has 15 heavy (non-hydrogen) atoms. The second kappa shape index (κ2) is 4.98. The van der Waals surface area contributed by atoms with E-state index < -0.39 is 0 Å². The summed E-state index contributed by atoms with van der Waals surface area (Å²) in [5, 5.41) is 9.20. The molecule has 0 aliphatic rings. The van der Waals surface area contributed by atoms with E-state index in [1.54, 1.807) is 18.0 Å². The zero-order valence-corrected chi connectivity index (χ0v) is 9.33. The maximum atomic E-state index is 5.23. The molecule has 2 heterocycles. The highest BCUT2D eigenvalue weighted by Gasteiger charge is 2.03. The van der Waals surface area contributed by atoms with Gasteiger partial charge in [0.25, 0.3) is 0 Å². The lowest BCUT2D eigenvalue weighted by Gasteiger charge is -1.98. The molecule has 0 N–H and O–H groups in total. The van der Waals surface area contributed by atoms with Gasteiger partial charge in [-0.05, 0) is 36.4 Å². The van der Waals surface area contributed by atoms with E-state index in [0.717, 1.165) is 28.7 Å². The lowest BCUT2D eigenvalue weighted by atomic mass is 10.3. The fraction of sp³-hybridized carbons (Fsp3) is 0.273. The van der Waals surface area contributed by atoms with Gasteiger partial charge >= 0.3 is 0 Å². The van der Waals surface area contributed by atoms with Crippen LogP contribution in [0.1, 0.15) is 13.3 Å². The summed E-state index contributed by atoms with van der Waals surface area (Å²) < 4.78 is 5.23. The van der Waals surface area contributed by atoms with Crippen LogP contribution in [0.5, 0.6) is 0 Å². The highest BCUT2D eigenvalue weighted by Crippen LogP contribution is 2.20. The van der Waals surface area contributed by atoms with Gasteiger partial charge in [0.1, 0.15) is 10.7 Å². The average Bonchev–Trinajstić information content (AvgIpc) is 2.80. The summed E-state index contributed by atoms with van der Waals surface area (Å²) in [5.41, 5.74) is 0.779. The van der Waals surface area contributed by atoms with Crippen molar-refractivity contribution in [3.63, 3.8) is 0 Å². The number of rotatable bonds is 4. The van der Waals surface area contributed by atoms with E-state index >= 15 is 0 Å². The minimum atomic E-state index is 0.759. The maximum Gasteiger partial charge on any atom is 0.154 e. The van der Waals surface area contributed by atoms with Gasteiger partial charge in [-0.15, -0.1) is 22.0 Å². The van der Waals surface area contributed by atoms with Crippen LogP contribution in [0.15, 0.2) is 40.0 Å². The summed E-state index contributed by atoms with van der Waals surface area (Å²) in [6.45, 7) is 2.15. The van der Waals surface area contributed by atoms with E-state index in [1.807, 2.05) is 24.3 Å². The maximum absolute atomic E-state index is 5.23. The summed E-state index contributed by atoms with van der Waals surface area (Å²) in [5.74, 6) is 1.84. The molecule has 0 bridgehead atoms. The second-order valence-electron chi connectivity index (χ2n) is 3.08. The van der Waals surface area contributed by atoms with E-state index in [0.29, 0.717) is 0 Å². The van der Waals surface area contributed by atoms with E-state index in [4.69, 9.17) is 4.42 Å². The zero-order chi connectivity index (χ0) is 10.5. The Labute approximate surface area is 92.9 Å². The van der Waals surface area contributed by atoms with Gasteiger partial charge in [-0.1, -0.05) is 6.92 Å². The molecular formula is C11H12N2OS. The van der Waals surface area contributed by atoms with Crippen molar-refractivity contribution in [2.75, 3.05) is 5.75 Å². The summed E-state index contributed by atoms with van der Waals surface area (Å²) in [6.07, 6.45) is 2.78. The van der Waals surface area contributed by atoms with Crippen molar-refractivity contribution in [1.82, 2.24) is 10.2 Å². The Morgan fingerprint density at radius 3 is 2.80 bits per heavy atom. The SMILES string of the molecule is CCCSc1ccc(-c2ccco2)nn1. The molecule has 0 atom stereocenters. The molecule has 0 aromatic carbocycles. The molecule has 0 saturated heterocycles. The minimum absolute atomic E-state index is 0.759. The first-order chi connectivity index (χ1) is 7.40. The first-order valence-electron chi connectivity index (χ1n) is 4.90. The van der Waals surface area contributed by atoms with Crippen molar-refractivity contribution in [2.45, 2.75) is 18.4 Å². The molecule has 2 aromatic rings. The first-order valence-corrected chi connectivity index (χ1v) is 5.89. The van der Waals surface area contributed by atoms with Crippen LogP contribution >= 0.6 is 11.8 Å². The summed E-state index contributed by atoms with van der Waals surface area (Å²) in [6, 6.07) is 7.63. The monoisotopic (exact) mass is 220 g/mol. The fourth-order valence-electron chi connectivity index (χ4n) is 1.16. The molecular weight excluding hydrogens is 208 g/mol. The van der Waals surface area contributed by atoms with Crippen molar-refractivity contribution in [2.24, 2.45) is 0 Å². The Kier molecular flexibility index (Phi) is 3.40. The third kappa shape index (κ3) is 2.59. The van der Waals surface area contributed by atoms with Crippen LogP contribution in [-0.4, -0.2) is 16.0 Å². The van der Waals surface area contributed by atoms with Gasteiger partial charge in [-0.3, -0.25) is 0 Å². The van der Waals surface area contributed by atoms with Crippen molar-refractivity contribution in [1.29, 1.82) is 0 Å². The number of thioether (sulfide) groups is 1. The smallest absolute Gasteiger partial charge is 0.154 e. The number of nitrogens with zero attached hydrogens (tertiary/aromatic N) is 2. The Morgan fingerprint density at radius 2 is 2.20 bits per heavy atom. The summed E-state index contributed by atoms with van der Waals surface area (Å²) in [4.78, 5) is 0. The molecule has 0 saturated carbocycles. The largest absolute Gasteiger partial charge is 0.463 e. The van der Waals surface area contributed by atoms with Crippen LogP contribution < -0.4 is 0 Å². The number of aromatic nitrogens is 2. The molecule has 78 valence electrons. The molecule has 0 unspecified atom stereocenters. The Hall–Kier alpha value is -1.29. The second-order valence-corrected chi connectivity index (χ2v) is 4.20. The van der Waals surface area contributed by atoms with Crippen molar-refractivity contribution in [3.05, 3.63) is 30.5 Å². The molecule has 2 aromatic heterocycles. The lowest BCUT2D eigenvalue weighted by Crippen LogP contribution is -1.88. The van der Waals surface area contributed by atoms with Crippen LogP contribution in [0.4, 0.5) is 0 Å². The quantitative estimate of drug-likeness (QED) is 0.741. The number of hydrogen-bond acceptors (Lipinski definition) is 4. The molecule has 4 heteroatoms. The fourth-order valence-corrected chi connectivity index (χ4v) is 1.84. The van der Waals surface area contributed by atoms with E-state index in [1.165, 1.54) is 0 Å². The van der Waals surface area contributed by atoms with Crippen LogP contribution in [0.25, 0.3) is 11.5 Å². The predicted molar refractivity (Wildman–Crippen MR) is 60.7 cm³/mol. The third-order valence-electron chi connectivity index (χ3n) is 1.87. The highest BCUT2D eigenvalue weighted by molar-refractivity contribution is 7.99. The molecule has 0 aliphatic heterocycles. The highest BCUT2D eigenvalue weighted by atomic mass is 32.2. The van der Waals surface area contributed by atoms with Crippen LogP contribution in [-0.2, 0) is 0 Å². The zero-order valence-electron chi connectivity index (χ0n) is 8.51. The van der Waals surface area contributed by atoms with Crippen molar-refractivity contribution < 1.29 is 4.42 Å². The van der Waals surface area contributed by atoms with Crippen molar-refractivity contribution in [3.8, 4) is 11.5 Å².